The van der Waals surface area contributed by atoms with E-state index < -0.39 is 0 Å². The van der Waals surface area contributed by atoms with E-state index in [4.69, 9.17) is 4.98 Å². The minimum atomic E-state index is -0.0833. The van der Waals surface area contributed by atoms with Gasteiger partial charge in [0.25, 0.3) is 0 Å². The Morgan fingerprint density at radius 1 is 1.00 bits per heavy atom. The van der Waals surface area contributed by atoms with Gasteiger partial charge in [0.1, 0.15) is 12.4 Å². The minimum absolute atomic E-state index is 0.0515. The van der Waals surface area contributed by atoms with Crippen molar-refractivity contribution in [3.8, 4) is 0 Å². The van der Waals surface area contributed by atoms with Crippen LogP contribution in [0.4, 0.5) is 11.4 Å². The molecule has 0 bridgehead atoms. The van der Waals surface area contributed by atoms with Gasteiger partial charge in [-0.2, -0.15) is 0 Å². The van der Waals surface area contributed by atoms with Gasteiger partial charge in [0.05, 0.1) is 11.0 Å². The fourth-order valence-electron chi connectivity index (χ4n) is 5.34. The number of amides is 2. The Morgan fingerprint density at radius 2 is 1.77 bits per heavy atom. The monoisotopic (exact) mass is 528 g/mol. The second-order valence-corrected chi connectivity index (χ2v) is 10.1. The molecule has 4 aromatic rings. The standard InChI is InChI=1S/C28H25BrN4O2/c29-21-11-13-22(14-12-21)32-17-20(16-26(32)34)28-30-23-8-2-4-10-25(23)33(28)18-27(35)31-15-5-7-19-6-1-3-9-24(19)31/h1-4,6,8-14,20H,5,7,15-18H2. The van der Waals surface area contributed by atoms with E-state index in [-0.39, 0.29) is 24.3 Å². The maximum atomic E-state index is 13.6. The van der Waals surface area contributed by atoms with Gasteiger partial charge in [-0.1, -0.05) is 46.3 Å². The number of imidazole rings is 1. The van der Waals surface area contributed by atoms with Crippen LogP contribution in [0.2, 0.25) is 0 Å². The summed E-state index contributed by atoms with van der Waals surface area (Å²) in [6.45, 7) is 1.47. The van der Waals surface area contributed by atoms with Crippen LogP contribution in [-0.4, -0.2) is 34.5 Å². The molecule has 1 saturated heterocycles. The van der Waals surface area contributed by atoms with Crippen molar-refractivity contribution in [2.24, 2.45) is 0 Å². The number of hydrogen-bond acceptors (Lipinski definition) is 3. The first-order valence-electron chi connectivity index (χ1n) is 12.0. The number of carbonyl (C=O) groups excluding carboxylic acids is 2. The first kappa shape index (κ1) is 22.0. The molecular formula is C28H25BrN4O2. The first-order valence-corrected chi connectivity index (χ1v) is 12.8. The molecular weight excluding hydrogens is 504 g/mol. The molecule has 1 atom stereocenters. The molecule has 7 heteroatoms. The summed E-state index contributed by atoms with van der Waals surface area (Å²) in [5.74, 6) is 0.848. The lowest BCUT2D eigenvalue weighted by molar-refractivity contribution is -0.119. The topological polar surface area (TPSA) is 58.4 Å². The zero-order valence-electron chi connectivity index (χ0n) is 19.2. The molecule has 3 aromatic carbocycles. The van der Waals surface area contributed by atoms with Crippen LogP contribution in [0.15, 0.2) is 77.3 Å². The zero-order chi connectivity index (χ0) is 23.9. The number of carbonyl (C=O) groups is 2. The molecule has 2 aliphatic rings. The van der Waals surface area contributed by atoms with Crippen LogP contribution < -0.4 is 9.80 Å². The van der Waals surface area contributed by atoms with Crippen LogP contribution in [0.1, 0.15) is 30.1 Å². The summed E-state index contributed by atoms with van der Waals surface area (Å²) >= 11 is 3.46. The van der Waals surface area contributed by atoms with Crippen LogP contribution in [-0.2, 0) is 22.6 Å². The maximum absolute atomic E-state index is 13.6. The van der Waals surface area contributed by atoms with Gasteiger partial charge < -0.3 is 14.4 Å². The summed E-state index contributed by atoms with van der Waals surface area (Å²) in [4.78, 5) is 35.2. The van der Waals surface area contributed by atoms with Crippen LogP contribution >= 0.6 is 15.9 Å². The molecule has 0 radical (unpaired) electrons. The van der Waals surface area contributed by atoms with Crippen molar-refractivity contribution in [2.45, 2.75) is 31.7 Å². The normalized spacial score (nSPS) is 17.7. The number of fused-ring (bicyclic) bond motifs is 2. The Labute approximate surface area is 212 Å². The van der Waals surface area contributed by atoms with Gasteiger partial charge in [0.15, 0.2) is 0 Å². The smallest absolute Gasteiger partial charge is 0.246 e. The van der Waals surface area contributed by atoms with Crippen molar-refractivity contribution in [2.75, 3.05) is 22.9 Å². The zero-order valence-corrected chi connectivity index (χ0v) is 20.8. The third kappa shape index (κ3) is 4.04. The summed E-state index contributed by atoms with van der Waals surface area (Å²) in [5, 5.41) is 0. The number of para-hydroxylation sites is 3. The average molecular weight is 529 g/mol. The van der Waals surface area contributed by atoms with Crippen molar-refractivity contribution >= 4 is 50.2 Å². The van der Waals surface area contributed by atoms with E-state index in [0.717, 1.165) is 52.1 Å². The molecule has 0 N–H and O–H groups in total. The summed E-state index contributed by atoms with van der Waals surface area (Å²) in [7, 11) is 0. The molecule has 6 nitrogen and oxygen atoms in total. The SMILES string of the molecule is O=C1CC(c2nc3ccccc3n2CC(=O)N2CCCc3ccccc32)CN1c1ccc(Br)cc1. The molecule has 0 aliphatic carbocycles. The highest BCUT2D eigenvalue weighted by Gasteiger charge is 2.35. The highest BCUT2D eigenvalue weighted by atomic mass is 79.9. The molecule has 6 rings (SSSR count). The highest BCUT2D eigenvalue weighted by molar-refractivity contribution is 9.10. The van der Waals surface area contributed by atoms with Gasteiger partial charge in [0, 0.05) is 41.3 Å². The molecule has 0 saturated carbocycles. The van der Waals surface area contributed by atoms with Crippen LogP contribution in [0.25, 0.3) is 11.0 Å². The number of benzene rings is 3. The lowest BCUT2D eigenvalue weighted by atomic mass is 10.0. The largest absolute Gasteiger partial charge is 0.318 e. The summed E-state index contributed by atoms with van der Waals surface area (Å²) in [6.07, 6.45) is 2.33. The van der Waals surface area contributed by atoms with Gasteiger partial charge in [-0.05, 0) is 60.9 Å². The van der Waals surface area contributed by atoms with Gasteiger partial charge in [-0.15, -0.1) is 0 Å². The number of aryl methyl sites for hydroxylation is 1. The Morgan fingerprint density at radius 3 is 2.63 bits per heavy atom. The summed E-state index contributed by atoms with van der Waals surface area (Å²) < 4.78 is 3.00. The van der Waals surface area contributed by atoms with E-state index in [1.165, 1.54) is 5.56 Å². The highest BCUT2D eigenvalue weighted by Crippen LogP contribution is 2.34. The Bertz CT molecular complexity index is 1430. The van der Waals surface area contributed by atoms with Crippen molar-refractivity contribution < 1.29 is 9.59 Å². The van der Waals surface area contributed by atoms with E-state index in [9.17, 15) is 9.59 Å². The van der Waals surface area contributed by atoms with Gasteiger partial charge in [-0.3, -0.25) is 9.59 Å². The number of aromatic nitrogens is 2. The summed E-state index contributed by atoms with van der Waals surface area (Å²) in [6, 6.07) is 23.9. The predicted octanol–water partition coefficient (Wildman–Crippen LogP) is 5.30. The first-order chi connectivity index (χ1) is 17.1. The van der Waals surface area contributed by atoms with E-state index in [2.05, 4.69) is 22.0 Å². The Kier molecular flexibility index (Phi) is 5.65. The van der Waals surface area contributed by atoms with E-state index in [0.29, 0.717) is 13.0 Å². The van der Waals surface area contributed by atoms with Crippen molar-refractivity contribution in [3.63, 3.8) is 0 Å². The fraction of sp³-hybridized carbons (Fsp3) is 0.250. The van der Waals surface area contributed by atoms with Gasteiger partial charge in [-0.25, -0.2) is 4.98 Å². The fourth-order valence-corrected chi connectivity index (χ4v) is 5.60. The van der Waals surface area contributed by atoms with Crippen molar-refractivity contribution in [3.05, 3.63) is 88.7 Å². The second kappa shape index (κ2) is 8.96. The molecule has 35 heavy (non-hydrogen) atoms. The average Bonchev–Trinajstić information content (AvgIpc) is 3.44. The van der Waals surface area contributed by atoms with E-state index in [1.54, 1.807) is 0 Å². The lowest BCUT2D eigenvalue weighted by Gasteiger charge is -2.30. The van der Waals surface area contributed by atoms with Crippen LogP contribution in [0, 0.1) is 0 Å². The molecule has 1 aromatic heterocycles. The molecule has 2 aliphatic heterocycles. The predicted molar refractivity (Wildman–Crippen MR) is 141 cm³/mol. The number of anilines is 2. The number of halogens is 1. The van der Waals surface area contributed by atoms with Gasteiger partial charge in [0.2, 0.25) is 11.8 Å². The maximum Gasteiger partial charge on any atom is 0.246 e. The van der Waals surface area contributed by atoms with E-state index in [1.807, 2.05) is 81.1 Å². The van der Waals surface area contributed by atoms with Crippen molar-refractivity contribution in [1.82, 2.24) is 9.55 Å². The summed E-state index contributed by atoms with van der Waals surface area (Å²) in [5.41, 5.74) is 4.88. The number of rotatable bonds is 4. The molecule has 176 valence electrons. The third-order valence-corrected chi connectivity index (χ3v) is 7.55. The molecule has 0 spiro atoms. The Balaban J connectivity index is 1.33. The molecule has 2 amide bonds. The number of nitrogens with zero attached hydrogens (tertiary/aromatic N) is 4. The third-order valence-electron chi connectivity index (χ3n) is 7.02. The molecule has 1 unspecified atom stereocenters. The van der Waals surface area contributed by atoms with Crippen LogP contribution in [0.5, 0.6) is 0 Å². The Hall–Kier alpha value is -3.45. The second-order valence-electron chi connectivity index (χ2n) is 9.20. The number of hydrogen-bond donors (Lipinski definition) is 0. The molecule has 3 heterocycles. The van der Waals surface area contributed by atoms with E-state index >= 15 is 0 Å². The van der Waals surface area contributed by atoms with Gasteiger partial charge >= 0.3 is 0 Å². The minimum Gasteiger partial charge on any atom is -0.318 e. The lowest BCUT2D eigenvalue weighted by Crippen LogP contribution is -2.38. The quantitative estimate of drug-likeness (QED) is 0.361. The van der Waals surface area contributed by atoms with Crippen molar-refractivity contribution in [1.29, 1.82) is 0 Å². The van der Waals surface area contributed by atoms with Crippen LogP contribution in [0.3, 0.4) is 0 Å². The molecule has 1 fully saturated rings.